The van der Waals surface area contributed by atoms with Crippen molar-refractivity contribution in [1.82, 2.24) is 10.3 Å². The first-order valence-corrected chi connectivity index (χ1v) is 6.51. The lowest BCUT2D eigenvalue weighted by Gasteiger charge is -2.20. The second kappa shape index (κ2) is 6.34. The Bertz CT molecular complexity index is 496. The molecule has 0 fully saturated rings. The molecule has 1 N–H and O–H groups in total. The van der Waals surface area contributed by atoms with Gasteiger partial charge in [0, 0.05) is 18.3 Å². The SMILES string of the molecule is COc1ccc([C@@H](C)NC(C)c2ccccn2)cc1. The van der Waals surface area contributed by atoms with Crippen molar-refractivity contribution in [2.45, 2.75) is 25.9 Å². The van der Waals surface area contributed by atoms with E-state index in [0.29, 0.717) is 0 Å². The molecule has 0 aliphatic carbocycles. The molecule has 1 aromatic carbocycles. The Hall–Kier alpha value is -1.87. The highest BCUT2D eigenvalue weighted by molar-refractivity contribution is 5.29. The number of methoxy groups -OCH3 is 1. The molecule has 0 saturated heterocycles. The first kappa shape index (κ1) is 13.6. The molecule has 100 valence electrons. The zero-order chi connectivity index (χ0) is 13.7. The minimum atomic E-state index is 0.221. The van der Waals surface area contributed by atoms with E-state index < -0.39 is 0 Å². The average Bonchev–Trinajstić information content (AvgIpc) is 2.48. The molecule has 2 atom stereocenters. The lowest BCUT2D eigenvalue weighted by molar-refractivity contribution is 0.414. The monoisotopic (exact) mass is 256 g/mol. The number of rotatable bonds is 5. The summed E-state index contributed by atoms with van der Waals surface area (Å²) in [6.45, 7) is 4.28. The standard InChI is InChI=1S/C16H20N2O/c1-12(14-7-9-15(19-3)10-8-14)18-13(2)16-6-4-5-11-17-16/h4-13,18H,1-3H3/t12-,13?/m1/s1. The first-order valence-electron chi connectivity index (χ1n) is 6.51. The van der Waals surface area contributed by atoms with E-state index in [-0.39, 0.29) is 12.1 Å². The zero-order valence-electron chi connectivity index (χ0n) is 11.6. The van der Waals surface area contributed by atoms with Crippen LogP contribution in [0.4, 0.5) is 0 Å². The van der Waals surface area contributed by atoms with Crippen LogP contribution in [0, 0.1) is 0 Å². The highest BCUT2D eigenvalue weighted by Gasteiger charge is 2.11. The van der Waals surface area contributed by atoms with Crippen LogP contribution in [0.1, 0.15) is 37.2 Å². The summed E-state index contributed by atoms with van der Waals surface area (Å²) in [4.78, 5) is 4.37. The van der Waals surface area contributed by atoms with Gasteiger partial charge in [0.15, 0.2) is 0 Å². The van der Waals surface area contributed by atoms with E-state index in [1.54, 1.807) is 7.11 Å². The van der Waals surface area contributed by atoms with Crippen LogP contribution in [0.25, 0.3) is 0 Å². The van der Waals surface area contributed by atoms with Gasteiger partial charge in [0.2, 0.25) is 0 Å². The van der Waals surface area contributed by atoms with Crippen LogP contribution in [0.2, 0.25) is 0 Å². The molecule has 0 aliphatic rings. The van der Waals surface area contributed by atoms with Crippen LogP contribution in [0.5, 0.6) is 5.75 Å². The van der Waals surface area contributed by atoms with Crippen molar-refractivity contribution in [3.63, 3.8) is 0 Å². The third kappa shape index (κ3) is 3.55. The largest absolute Gasteiger partial charge is 0.497 e. The number of ether oxygens (including phenoxy) is 1. The fourth-order valence-corrected chi connectivity index (χ4v) is 2.08. The van der Waals surface area contributed by atoms with E-state index in [1.165, 1.54) is 5.56 Å². The quantitative estimate of drug-likeness (QED) is 0.889. The lowest BCUT2D eigenvalue weighted by atomic mass is 10.1. The maximum atomic E-state index is 5.17. The Balaban J connectivity index is 2.02. The molecule has 0 bridgehead atoms. The van der Waals surface area contributed by atoms with Gasteiger partial charge >= 0.3 is 0 Å². The Morgan fingerprint density at radius 2 is 1.74 bits per heavy atom. The molecule has 1 heterocycles. The molecule has 2 rings (SSSR count). The van der Waals surface area contributed by atoms with Gasteiger partial charge in [0.1, 0.15) is 5.75 Å². The second-order valence-corrected chi connectivity index (χ2v) is 4.64. The zero-order valence-corrected chi connectivity index (χ0v) is 11.6. The maximum absolute atomic E-state index is 5.17. The van der Waals surface area contributed by atoms with Gasteiger partial charge < -0.3 is 10.1 Å². The number of nitrogens with one attached hydrogen (secondary N) is 1. The van der Waals surface area contributed by atoms with E-state index >= 15 is 0 Å². The van der Waals surface area contributed by atoms with Gasteiger partial charge in [0.05, 0.1) is 12.8 Å². The number of benzene rings is 1. The summed E-state index contributed by atoms with van der Waals surface area (Å²) in [6.07, 6.45) is 1.82. The van der Waals surface area contributed by atoms with Gasteiger partial charge in [-0.3, -0.25) is 4.98 Å². The van der Waals surface area contributed by atoms with Crippen molar-refractivity contribution >= 4 is 0 Å². The number of nitrogens with zero attached hydrogens (tertiary/aromatic N) is 1. The van der Waals surface area contributed by atoms with Crippen LogP contribution in [-0.2, 0) is 0 Å². The molecule has 1 aromatic heterocycles. The average molecular weight is 256 g/mol. The molecule has 0 spiro atoms. The van der Waals surface area contributed by atoms with E-state index in [0.717, 1.165) is 11.4 Å². The van der Waals surface area contributed by atoms with Crippen LogP contribution in [0.3, 0.4) is 0 Å². The minimum absolute atomic E-state index is 0.221. The van der Waals surface area contributed by atoms with Crippen LogP contribution >= 0.6 is 0 Å². The summed E-state index contributed by atoms with van der Waals surface area (Å²) in [6, 6.07) is 14.6. The molecule has 3 nitrogen and oxygen atoms in total. The van der Waals surface area contributed by atoms with Crippen LogP contribution < -0.4 is 10.1 Å². The highest BCUT2D eigenvalue weighted by atomic mass is 16.5. The summed E-state index contributed by atoms with van der Waals surface area (Å²) in [5.41, 5.74) is 2.30. The molecule has 0 saturated carbocycles. The fraction of sp³-hybridized carbons (Fsp3) is 0.312. The minimum Gasteiger partial charge on any atom is -0.497 e. The molecule has 1 unspecified atom stereocenters. The maximum Gasteiger partial charge on any atom is 0.118 e. The summed E-state index contributed by atoms with van der Waals surface area (Å²) in [7, 11) is 1.68. The molecular formula is C16H20N2O. The molecule has 19 heavy (non-hydrogen) atoms. The van der Waals surface area contributed by atoms with Crippen molar-refractivity contribution < 1.29 is 4.74 Å². The number of hydrogen-bond donors (Lipinski definition) is 1. The van der Waals surface area contributed by atoms with Gasteiger partial charge in [-0.05, 0) is 43.7 Å². The molecule has 0 aliphatic heterocycles. The van der Waals surface area contributed by atoms with Crippen molar-refractivity contribution in [3.05, 3.63) is 59.9 Å². The van der Waals surface area contributed by atoms with Crippen LogP contribution in [0.15, 0.2) is 48.7 Å². The number of hydrogen-bond acceptors (Lipinski definition) is 3. The third-order valence-electron chi connectivity index (χ3n) is 3.25. The van der Waals surface area contributed by atoms with Crippen molar-refractivity contribution in [2.24, 2.45) is 0 Å². The Morgan fingerprint density at radius 3 is 2.32 bits per heavy atom. The van der Waals surface area contributed by atoms with Gasteiger partial charge in [-0.25, -0.2) is 0 Å². The molecule has 0 radical (unpaired) electrons. The first-order chi connectivity index (χ1) is 9.20. The Kier molecular flexibility index (Phi) is 4.53. The van der Waals surface area contributed by atoms with Crippen molar-refractivity contribution in [1.29, 1.82) is 0 Å². The van der Waals surface area contributed by atoms with Gasteiger partial charge in [-0.15, -0.1) is 0 Å². The molecule has 0 amide bonds. The highest BCUT2D eigenvalue weighted by Crippen LogP contribution is 2.20. The summed E-state index contributed by atoms with van der Waals surface area (Å²) < 4.78 is 5.17. The fourth-order valence-electron chi connectivity index (χ4n) is 2.08. The third-order valence-corrected chi connectivity index (χ3v) is 3.25. The summed E-state index contributed by atoms with van der Waals surface area (Å²) >= 11 is 0. The van der Waals surface area contributed by atoms with E-state index in [1.807, 2.05) is 36.5 Å². The van der Waals surface area contributed by atoms with Crippen LogP contribution in [-0.4, -0.2) is 12.1 Å². The summed E-state index contributed by atoms with van der Waals surface area (Å²) in [5.74, 6) is 0.883. The summed E-state index contributed by atoms with van der Waals surface area (Å²) in [5, 5.41) is 3.55. The predicted molar refractivity (Wildman–Crippen MR) is 77.2 cm³/mol. The Labute approximate surface area is 114 Å². The molecule has 3 heteroatoms. The van der Waals surface area contributed by atoms with Gasteiger partial charge in [-0.2, -0.15) is 0 Å². The van der Waals surface area contributed by atoms with Gasteiger partial charge in [-0.1, -0.05) is 18.2 Å². The number of aromatic nitrogens is 1. The van der Waals surface area contributed by atoms with Gasteiger partial charge in [0.25, 0.3) is 0 Å². The smallest absolute Gasteiger partial charge is 0.118 e. The molecule has 2 aromatic rings. The Morgan fingerprint density at radius 1 is 1.00 bits per heavy atom. The second-order valence-electron chi connectivity index (χ2n) is 4.64. The van der Waals surface area contributed by atoms with E-state index in [4.69, 9.17) is 4.74 Å². The van der Waals surface area contributed by atoms with Crippen molar-refractivity contribution in [3.8, 4) is 5.75 Å². The topological polar surface area (TPSA) is 34.1 Å². The molecular weight excluding hydrogens is 236 g/mol. The predicted octanol–water partition coefficient (Wildman–Crippen LogP) is 3.50. The lowest BCUT2D eigenvalue weighted by Crippen LogP contribution is -2.23. The van der Waals surface area contributed by atoms with Crippen molar-refractivity contribution in [2.75, 3.05) is 7.11 Å². The number of pyridine rings is 1. The normalized spacial score (nSPS) is 13.8. The van der Waals surface area contributed by atoms with E-state index in [2.05, 4.69) is 36.3 Å². The van der Waals surface area contributed by atoms with E-state index in [9.17, 15) is 0 Å².